The Morgan fingerprint density at radius 2 is 1.80 bits per heavy atom. The lowest BCUT2D eigenvalue weighted by atomic mass is 10.1. The maximum Gasteiger partial charge on any atom is 0.279 e. The topological polar surface area (TPSA) is 78.5 Å². The van der Waals surface area contributed by atoms with E-state index >= 15 is 0 Å². The number of halogens is 1. The van der Waals surface area contributed by atoms with E-state index in [4.69, 9.17) is 0 Å². The Labute approximate surface area is 157 Å². The number of benzene rings is 1. The minimum atomic E-state index is -0.396. The predicted molar refractivity (Wildman–Crippen MR) is 98.0 cm³/mol. The minimum Gasteiger partial charge on any atom is -0.338 e. The van der Waals surface area contributed by atoms with Crippen LogP contribution in [0.5, 0.6) is 0 Å². The summed E-state index contributed by atoms with van der Waals surface area (Å²) in [6.07, 6.45) is 1.51. The Hall–Kier alpha value is -2.19. The monoisotopic (exact) mass is 421 g/mol. The van der Waals surface area contributed by atoms with Gasteiger partial charge in [-0.25, -0.2) is 0 Å². The van der Waals surface area contributed by atoms with Crippen molar-refractivity contribution < 1.29 is 14.4 Å². The second-order valence-corrected chi connectivity index (χ2v) is 8.09. The molecule has 2 N–H and O–H groups in total. The van der Waals surface area contributed by atoms with Gasteiger partial charge in [-0.15, -0.1) is 11.3 Å². The third-order valence-electron chi connectivity index (χ3n) is 3.85. The standard InChI is InChI=1S/C17H16BrN3O3S/c18-14-8-7-13(25-14)17(24)20-19-16(23)12-5-3-11(4-6-12)10-21-9-1-2-15(21)22/h3-8H,1-2,9-10H2,(H,19,23)(H,20,24). The van der Waals surface area contributed by atoms with Crippen LogP contribution in [-0.4, -0.2) is 29.2 Å². The average Bonchev–Trinajstić information content (AvgIpc) is 3.22. The number of carbonyl (C=O) groups excluding carboxylic acids is 3. The summed E-state index contributed by atoms with van der Waals surface area (Å²) >= 11 is 4.57. The van der Waals surface area contributed by atoms with Gasteiger partial charge in [0.15, 0.2) is 0 Å². The van der Waals surface area contributed by atoms with Gasteiger partial charge in [-0.05, 0) is 52.2 Å². The van der Waals surface area contributed by atoms with Crippen LogP contribution >= 0.6 is 27.3 Å². The summed E-state index contributed by atoms with van der Waals surface area (Å²) in [5.41, 5.74) is 6.19. The predicted octanol–water partition coefficient (Wildman–Crippen LogP) is 2.71. The Morgan fingerprint density at radius 1 is 1.08 bits per heavy atom. The molecule has 2 aromatic rings. The SMILES string of the molecule is O=C(NNC(=O)c1ccc(Br)s1)c1ccc(CN2CCCC2=O)cc1. The molecular weight excluding hydrogens is 406 g/mol. The third-order valence-corrected chi connectivity index (χ3v) is 5.47. The first-order valence-corrected chi connectivity index (χ1v) is 9.36. The van der Waals surface area contributed by atoms with Crippen LogP contribution in [0, 0.1) is 0 Å². The molecule has 1 aliphatic heterocycles. The first kappa shape index (κ1) is 17.6. The van der Waals surface area contributed by atoms with Crippen LogP contribution in [0.1, 0.15) is 38.4 Å². The van der Waals surface area contributed by atoms with Crippen LogP contribution in [0.4, 0.5) is 0 Å². The quantitative estimate of drug-likeness (QED) is 0.744. The molecular formula is C17H16BrN3O3S. The van der Waals surface area contributed by atoms with Gasteiger partial charge >= 0.3 is 0 Å². The van der Waals surface area contributed by atoms with Gasteiger partial charge in [0.05, 0.1) is 8.66 Å². The van der Waals surface area contributed by atoms with Gasteiger partial charge in [0.25, 0.3) is 11.8 Å². The highest BCUT2D eigenvalue weighted by Gasteiger charge is 2.20. The van der Waals surface area contributed by atoms with Gasteiger partial charge in [-0.1, -0.05) is 12.1 Å². The van der Waals surface area contributed by atoms with E-state index in [1.807, 2.05) is 17.0 Å². The molecule has 3 rings (SSSR count). The van der Waals surface area contributed by atoms with Crippen molar-refractivity contribution >= 4 is 45.0 Å². The summed E-state index contributed by atoms with van der Waals surface area (Å²) in [5.74, 6) is -0.592. The van der Waals surface area contributed by atoms with Gasteiger partial charge in [-0.2, -0.15) is 0 Å². The van der Waals surface area contributed by atoms with Crippen molar-refractivity contribution in [3.8, 4) is 0 Å². The molecule has 3 amide bonds. The van der Waals surface area contributed by atoms with Gasteiger partial charge in [0.1, 0.15) is 0 Å². The molecule has 0 spiro atoms. The molecule has 25 heavy (non-hydrogen) atoms. The maximum atomic E-state index is 12.1. The molecule has 0 aliphatic carbocycles. The number of hydrogen-bond donors (Lipinski definition) is 2. The van der Waals surface area contributed by atoms with E-state index in [1.165, 1.54) is 11.3 Å². The highest BCUT2D eigenvalue weighted by atomic mass is 79.9. The molecule has 0 atom stereocenters. The van der Waals surface area contributed by atoms with Crippen LogP contribution in [-0.2, 0) is 11.3 Å². The summed E-state index contributed by atoms with van der Waals surface area (Å²) in [7, 11) is 0. The molecule has 1 saturated heterocycles. The van der Waals surface area contributed by atoms with Crippen LogP contribution in [0.15, 0.2) is 40.2 Å². The van der Waals surface area contributed by atoms with Crippen molar-refractivity contribution in [1.29, 1.82) is 0 Å². The summed E-state index contributed by atoms with van der Waals surface area (Å²) in [4.78, 5) is 37.9. The molecule has 0 bridgehead atoms. The van der Waals surface area contributed by atoms with Crippen molar-refractivity contribution in [3.63, 3.8) is 0 Å². The van der Waals surface area contributed by atoms with Gasteiger partial charge < -0.3 is 4.90 Å². The second kappa shape index (κ2) is 7.79. The fourth-order valence-electron chi connectivity index (χ4n) is 2.54. The van der Waals surface area contributed by atoms with E-state index < -0.39 is 5.91 Å². The van der Waals surface area contributed by atoms with Crippen molar-refractivity contribution in [2.75, 3.05) is 6.54 Å². The fraction of sp³-hybridized carbons (Fsp3) is 0.235. The number of nitrogens with one attached hydrogen (secondary N) is 2. The highest BCUT2D eigenvalue weighted by Crippen LogP contribution is 2.21. The number of hydrazine groups is 1. The van der Waals surface area contributed by atoms with Crippen molar-refractivity contribution in [2.24, 2.45) is 0 Å². The average molecular weight is 422 g/mol. The Kier molecular flexibility index (Phi) is 5.50. The molecule has 1 fully saturated rings. The summed E-state index contributed by atoms with van der Waals surface area (Å²) in [6.45, 7) is 1.34. The number of hydrogen-bond acceptors (Lipinski definition) is 4. The van der Waals surface area contributed by atoms with E-state index in [2.05, 4.69) is 26.8 Å². The van der Waals surface area contributed by atoms with Crippen LogP contribution in [0.2, 0.25) is 0 Å². The third kappa shape index (κ3) is 4.46. The van der Waals surface area contributed by atoms with Crippen LogP contribution in [0.3, 0.4) is 0 Å². The van der Waals surface area contributed by atoms with Gasteiger partial charge in [-0.3, -0.25) is 25.2 Å². The van der Waals surface area contributed by atoms with E-state index in [-0.39, 0.29) is 11.8 Å². The molecule has 0 radical (unpaired) electrons. The zero-order chi connectivity index (χ0) is 17.8. The number of carbonyl (C=O) groups is 3. The maximum absolute atomic E-state index is 12.1. The Bertz CT molecular complexity index is 804. The molecule has 6 nitrogen and oxygen atoms in total. The van der Waals surface area contributed by atoms with E-state index in [9.17, 15) is 14.4 Å². The summed E-state index contributed by atoms with van der Waals surface area (Å²) in [5, 5.41) is 0. The van der Waals surface area contributed by atoms with Crippen molar-refractivity contribution in [1.82, 2.24) is 15.8 Å². The molecule has 0 unspecified atom stereocenters. The molecule has 0 saturated carbocycles. The number of amides is 3. The Balaban J connectivity index is 1.53. The number of likely N-dealkylation sites (tertiary alicyclic amines) is 1. The lowest BCUT2D eigenvalue weighted by Gasteiger charge is -2.15. The molecule has 2 heterocycles. The number of thiophene rings is 1. The smallest absolute Gasteiger partial charge is 0.279 e. The zero-order valence-electron chi connectivity index (χ0n) is 13.3. The van der Waals surface area contributed by atoms with Crippen molar-refractivity contribution in [2.45, 2.75) is 19.4 Å². The van der Waals surface area contributed by atoms with Crippen LogP contribution < -0.4 is 10.9 Å². The lowest BCUT2D eigenvalue weighted by molar-refractivity contribution is -0.128. The first-order chi connectivity index (χ1) is 12.0. The second-order valence-electron chi connectivity index (χ2n) is 5.63. The molecule has 1 aliphatic rings. The van der Waals surface area contributed by atoms with Crippen LogP contribution in [0.25, 0.3) is 0 Å². The number of nitrogens with zero attached hydrogens (tertiary/aromatic N) is 1. The lowest BCUT2D eigenvalue weighted by Crippen LogP contribution is -2.41. The number of rotatable bonds is 4. The summed E-state index contributed by atoms with van der Waals surface area (Å²) in [6, 6.07) is 10.4. The van der Waals surface area contributed by atoms with E-state index in [1.54, 1.807) is 24.3 Å². The van der Waals surface area contributed by atoms with E-state index in [0.29, 0.717) is 23.4 Å². The molecule has 8 heteroatoms. The minimum absolute atomic E-state index is 0.171. The normalized spacial score (nSPS) is 13.8. The first-order valence-electron chi connectivity index (χ1n) is 7.75. The zero-order valence-corrected chi connectivity index (χ0v) is 15.7. The highest BCUT2D eigenvalue weighted by molar-refractivity contribution is 9.11. The van der Waals surface area contributed by atoms with Crippen molar-refractivity contribution in [3.05, 3.63) is 56.2 Å². The fourth-order valence-corrected chi connectivity index (χ4v) is 3.82. The molecule has 1 aromatic carbocycles. The summed E-state index contributed by atoms with van der Waals surface area (Å²) < 4.78 is 0.844. The van der Waals surface area contributed by atoms with Gasteiger partial charge in [0.2, 0.25) is 5.91 Å². The Morgan fingerprint density at radius 3 is 2.40 bits per heavy atom. The van der Waals surface area contributed by atoms with Gasteiger partial charge in [0, 0.05) is 25.1 Å². The molecule has 130 valence electrons. The largest absolute Gasteiger partial charge is 0.338 e. The molecule has 1 aromatic heterocycles. The van der Waals surface area contributed by atoms with E-state index in [0.717, 1.165) is 22.3 Å².